The number of nitrogens with two attached hydrogens (primary N) is 1. The Morgan fingerprint density at radius 1 is 1.45 bits per heavy atom. The van der Waals surface area contributed by atoms with Crippen molar-refractivity contribution in [3.05, 3.63) is 29.7 Å². The minimum Gasteiger partial charge on any atom is -0.482 e. The Morgan fingerprint density at radius 3 is 2.50 bits per heavy atom. The average molecular weight is 317 g/mol. The Balaban J connectivity index is 2.89. The number of rotatable bonds is 5. The lowest BCUT2D eigenvalue weighted by atomic mass is 10.3. The predicted molar refractivity (Wildman–Crippen MR) is 72.1 cm³/mol. The molecule has 0 spiro atoms. The van der Waals surface area contributed by atoms with Gasteiger partial charge in [-0.25, -0.2) is 9.97 Å². The summed E-state index contributed by atoms with van der Waals surface area (Å²) in [5, 5.41) is 2.50. The number of nitrogens with zero attached hydrogens (tertiary/aromatic N) is 3. The Labute approximate surface area is 124 Å². The zero-order chi connectivity index (χ0) is 16.8. The number of nitrogens with one attached hydrogen (secondary N) is 1. The summed E-state index contributed by atoms with van der Waals surface area (Å²) in [5.41, 5.74) is 6.02. The van der Waals surface area contributed by atoms with E-state index < -0.39 is 12.0 Å². The molecule has 22 heavy (non-hydrogen) atoms. The second kappa shape index (κ2) is 7.38. The van der Waals surface area contributed by atoms with E-state index >= 15 is 0 Å². The first-order valence-electron chi connectivity index (χ1n) is 5.94. The van der Waals surface area contributed by atoms with Crippen LogP contribution < -0.4 is 11.1 Å². The summed E-state index contributed by atoms with van der Waals surface area (Å²) in [7, 11) is 1.33. The number of alkyl halides is 3. The number of carbonyl (C=O) groups is 1. The van der Waals surface area contributed by atoms with Gasteiger partial charge in [-0.3, -0.25) is 9.79 Å². The number of methoxy groups -OCH3 is 1. The first kappa shape index (κ1) is 17.4. The van der Waals surface area contributed by atoms with Crippen LogP contribution in [-0.4, -0.2) is 35.7 Å². The van der Waals surface area contributed by atoms with E-state index in [1.54, 1.807) is 0 Å². The third-order valence-electron chi connectivity index (χ3n) is 2.33. The zero-order valence-electron chi connectivity index (χ0n) is 11.8. The van der Waals surface area contributed by atoms with Gasteiger partial charge in [-0.15, -0.1) is 0 Å². The molecular weight excluding hydrogens is 303 g/mol. The molecule has 0 bridgehead atoms. The molecule has 1 aromatic heterocycles. The van der Waals surface area contributed by atoms with Gasteiger partial charge in [0.05, 0.1) is 25.2 Å². The number of halogens is 3. The van der Waals surface area contributed by atoms with Gasteiger partial charge < -0.3 is 15.8 Å². The van der Waals surface area contributed by atoms with Crippen LogP contribution in [0.3, 0.4) is 0 Å². The first-order chi connectivity index (χ1) is 10.2. The molecule has 0 saturated heterocycles. The number of carbonyl (C=O) groups excluding carboxylic acids is 1. The van der Waals surface area contributed by atoms with E-state index in [0.29, 0.717) is 5.57 Å². The molecule has 0 aromatic carbocycles. The maximum Gasteiger partial charge on any atom is 0.451 e. The normalized spacial score (nSPS) is 13.0. The molecule has 0 atom stereocenters. The van der Waals surface area contributed by atoms with E-state index in [0.717, 1.165) is 12.4 Å². The molecule has 1 heterocycles. The SMILES string of the molecule is COC(N)=C(C=Nc1cnc(C(F)(F)F)nc1)CNC(C)=O. The number of hydrogen-bond acceptors (Lipinski definition) is 6. The van der Waals surface area contributed by atoms with Gasteiger partial charge in [0, 0.05) is 25.3 Å². The highest BCUT2D eigenvalue weighted by molar-refractivity contribution is 5.83. The summed E-state index contributed by atoms with van der Waals surface area (Å²) >= 11 is 0. The van der Waals surface area contributed by atoms with E-state index in [-0.39, 0.29) is 24.0 Å². The van der Waals surface area contributed by atoms with Crippen LogP contribution in [0.25, 0.3) is 0 Å². The molecule has 10 heteroatoms. The highest BCUT2D eigenvalue weighted by Crippen LogP contribution is 2.26. The van der Waals surface area contributed by atoms with E-state index in [9.17, 15) is 18.0 Å². The summed E-state index contributed by atoms with van der Waals surface area (Å²) in [6.45, 7) is 1.38. The Kier molecular flexibility index (Phi) is 5.84. The molecule has 0 unspecified atom stereocenters. The lowest BCUT2D eigenvalue weighted by Gasteiger charge is -2.07. The first-order valence-corrected chi connectivity index (χ1v) is 5.94. The fourth-order valence-corrected chi connectivity index (χ4v) is 1.23. The summed E-state index contributed by atoms with van der Waals surface area (Å²) in [5.74, 6) is -1.52. The lowest BCUT2D eigenvalue weighted by Crippen LogP contribution is -2.25. The summed E-state index contributed by atoms with van der Waals surface area (Å²) < 4.78 is 41.8. The molecule has 0 fully saturated rings. The van der Waals surface area contributed by atoms with Gasteiger partial charge in [0.2, 0.25) is 11.7 Å². The van der Waals surface area contributed by atoms with Crippen LogP contribution in [-0.2, 0) is 15.7 Å². The lowest BCUT2D eigenvalue weighted by molar-refractivity contribution is -0.145. The molecule has 0 aliphatic carbocycles. The van der Waals surface area contributed by atoms with Crippen molar-refractivity contribution in [1.82, 2.24) is 15.3 Å². The zero-order valence-corrected chi connectivity index (χ0v) is 11.8. The van der Waals surface area contributed by atoms with Crippen LogP contribution in [0.15, 0.2) is 28.8 Å². The molecule has 1 aromatic rings. The number of aliphatic imine (C=N–C) groups is 1. The summed E-state index contributed by atoms with van der Waals surface area (Å²) in [4.78, 5) is 21.1. The average Bonchev–Trinajstić information content (AvgIpc) is 2.45. The van der Waals surface area contributed by atoms with Crippen LogP contribution >= 0.6 is 0 Å². The molecule has 7 nitrogen and oxygen atoms in total. The van der Waals surface area contributed by atoms with Crippen LogP contribution in [0, 0.1) is 0 Å². The molecule has 1 rings (SSSR count). The molecule has 0 saturated carbocycles. The van der Waals surface area contributed by atoms with Crippen LogP contribution in [0.1, 0.15) is 12.7 Å². The third kappa shape index (κ3) is 5.38. The molecule has 0 radical (unpaired) electrons. The molecular formula is C12H14F3N5O2. The van der Waals surface area contributed by atoms with E-state index in [4.69, 9.17) is 10.5 Å². The van der Waals surface area contributed by atoms with Crippen molar-refractivity contribution in [2.75, 3.05) is 13.7 Å². The van der Waals surface area contributed by atoms with E-state index in [1.807, 2.05) is 0 Å². The third-order valence-corrected chi connectivity index (χ3v) is 2.33. The molecule has 120 valence electrons. The fourth-order valence-electron chi connectivity index (χ4n) is 1.23. The van der Waals surface area contributed by atoms with Crippen LogP contribution in [0.4, 0.5) is 18.9 Å². The molecule has 0 aliphatic rings. The van der Waals surface area contributed by atoms with Gasteiger partial charge >= 0.3 is 6.18 Å². The largest absolute Gasteiger partial charge is 0.482 e. The molecule has 1 amide bonds. The topological polar surface area (TPSA) is 102 Å². The number of hydrogen-bond donors (Lipinski definition) is 2. The number of ether oxygens (including phenoxy) is 1. The monoisotopic (exact) mass is 317 g/mol. The van der Waals surface area contributed by atoms with Crippen molar-refractivity contribution >= 4 is 17.8 Å². The van der Waals surface area contributed by atoms with Crippen molar-refractivity contribution in [3.63, 3.8) is 0 Å². The van der Waals surface area contributed by atoms with E-state index in [2.05, 4.69) is 20.3 Å². The molecule has 0 aliphatic heterocycles. The highest BCUT2D eigenvalue weighted by atomic mass is 19.4. The quantitative estimate of drug-likeness (QED) is 0.626. The van der Waals surface area contributed by atoms with Crippen molar-refractivity contribution in [2.45, 2.75) is 13.1 Å². The number of aromatic nitrogens is 2. The maximum atomic E-state index is 12.3. The van der Waals surface area contributed by atoms with Crippen molar-refractivity contribution < 1.29 is 22.7 Å². The van der Waals surface area contributed by atoms with Crippen molar-refractivity contribution in [2.24, 2.45) is 10.7 Å². The van der Waals surface area contributed by atoms with Crippen molar-refractivity contribution in [1.29, 1.82) is 0 Å². The highest BCUT2D eigenvalue weighted by Gasteiger charge is 2.34. The van der Waals surface area contributed by atoms with Crippen molar-refractivity contribution in [3.8, 4) is 0 Å². The van der Waals surface area contributed by atoms with Gasteiger partial charge in [0.15, 0.2) is 5.88 Å². The summed E-state index contributed by atoms with van der Waals surface area (Å²) in [6.07, 6.45) is -1.52. The standard InChI is InChI=1S/C12H14F3N5O2/c1-7(21)17-3-8(10(16)22-2)4-18-9-5-19-11(20-6-9)12(13,14)15/h4-6H,3,16H2,1-2H3,(H,17,21). The van der Waals surface area contributed by atoms with Gasteiger partial charge in [-0.2, -0.15) is 13.2 Å². The Bertz CT molecular complexity index is 581. The number of amides is 1. The fraction of sp³-hybridized carbons (Fsp3) is 0.333. The smallest absolute Gasteiger partial charge is 0.451 e. The second-order valence-corrected chi connectivity index (χ2v) is 4.02. The van der Waals surface area contributed by atoms with Gasteiger partial charge in [-0.1, -0.05) is 0 Å². The minimum absolute atomic E-state index is 0.0188. The molecule has 3 N–H and O–H groups in total. The predicted octanol–water partition coefficient (Wildman–Crippen LogP) is 1.15. The summed E-state index contributed by atoms with van der Waals surface area (Å²) in [6, 6.07) is 0. The minimum atomic E-state index is -4.61. The van der Waals surface area contributed by atoms with E-state index in [1.165, 1.54) is 20.2 Å². The van der Waals surface area contributed by atoms with Gasteiger partial charge in [0.1, 0.15) is 0 Å². The Morgan fingerprint density at radius 2 is 2.05 bits per heavy atom. The van der Waals surface area contributed by atoms with Crippen LogP contribution in [0.5, 0.6) is 0 Å². The maximum absolute atomic E-state index is 12.3. The van der Waals surface area contributed by atoms with Gasteiger partial charge in [0.25, 0.3) is 0 Å². The second-order valence-electron chi connectivity index (χ2n) is 4.02. The van der Waals surface area contributed by atoms with Gasteiger partial charge in [-0.05, 0) is 0 Å². The van der Waals surface area contributed by atoms with Crippen LogP contribution in [0.2, 0.25) is 0 Å². The Hall–Kier alpha value is -2.65.